The van der Waals surface area contributed by atoms with Crippen molar-refractivity contribution in [3.63, 3.8) is 0 Å². The molecule has 2 amide bonds. The lowest BCUT2D eigenvalue weighted by Gasteiger charge is -2.22. The second kappa shape index (κ2) is 7.92. The maximum Gasteiger partial charge on any atom is 0.238 e. The molecule has 170 valence electrons. The Hall–Kier alpha value is -4.23. The van der Waals surface area contributed by atoms with Gasteiger partial charge in [-0.3, -0.25) is 9.59 Å². The summed E-state index contributed by atoms with van der Waals surface area (Å²) in [4.78, 5) is 28.6. The zero-order valence-electron chi connectivity index (χ0n) is 19.6. The number of fused-ring (bicyclic) bond motifs is 5. The summed E-state index contributed by atoms with van der Waals surface area (Å²) in [6, 6.07) is 25.7. The summed E-state index contributed by atoms with van der Waals surface area (Å²) in [5, 5.41) is 9.10. The minimum atomic E-state index is -0.394. The molecule has 2 aliphatic carbocycles. The van der Waals surface area contributed by atoms with Gasteiger partial charge in [-0.15, -0.1) is 0 Å². The molecule has 1 saturated heterocycles. The standard InChI is InChI=1S/C31H24N2O2/c1-18-3-9-21(10-4-18)26(22-11-5-19(2)6-12-22)27-24-15-16-25(27)29-28(24)30(34)33(31(29)35)23-13-7-20(17-32)8-14-23/h3-16,24-25,28-29H,1-2H3/t24-,25-,28-,29+/m1/s1. The predicted molar refractivity (Wildman–Crippen MR) is 135 cm³/mol. The van der Waals surface area contributed by atoms with Crippen LogP contribution in [0.3, 0.4) is 0 Å². The highest BCUT2D eigenvalue weighted by Crippen LogP contribution is 2.58. The third-order valence-electron chi connectivity index (χ3n) is 7.64. The average molecular weight is 457 g/mol. The van der Waals surface area contributed by atoms with Crippen LogP contribution in [0.25, 0.3) is 5.57 Å². The van der Waals surface area contributed by atoms with Crippen LogP contribution in [-0.4, -0.2) is 11.8 Å². The number of aryl methyl sites for hydroxylation is 2. The second-order valence-electron chi connectivity index (χ2n) is 9.72. The Balaban J connectivity index is 1.47. The van der Waals surface area contributed by atoms with E-state index in [1.54, 1.807) is 24.3 Å². The van der Waals surface area contributed by atoms with Gasteiger partial charge in [0.15, 0.2) is 0 Å². The van der Waals surface area contributed by atoms with Gasteiger partial charge in [0, 0.05) is 11.8 Å². The van der Waals surface area contributed by atoms with E-state index in [1.165, 1.54) is 21.6 Å². The molecule has 4 heteroatoms. The molecule has 3 aliphatic rings. The summed E-state index contributed by atoms with van der Waals surface area (Å²) < 4.78 is 0. The molecule has 6 rings (SSSR count). The molecular formula is C31H24N2O2. The number of imide groups is 1. The quantitative estimate of drug-likeness (QED) is 0.381. The highest BCUT2D eigenvalue weighted by Gasteiger charge is 2.62. The van der Waals surface area contributed by atoms with E-state index in [9.17, 15) is 9.59 Å². The fraction of sp³-hybridized carbons (Fsp3) is 0.194. The average Bonchev–Trinajstić information content (AvgIpc) is 3.51. The van der Waals surface area contributed by atoms with Gasteiger partial charge in [0.25, 0.3) is 0 Å². The summed E-state index contributed by atoms with van der Waals surface area (Å²) in [5.41, 5.74) is 7.94. The number of nitrogens with zero attached hydrogens (tertiary/aromatic N) is 2. The van der Waals surface area contributed by atoms with Crippen molar-refractivity contribution in [2.45, 2.75) is 13.8 Å². The maximum atomic E-state index is 13.7. The Labute approximate surface area is 204 Å². The smallest absolute Gasteiger partial charge is 0.238 e. The van der Waals surface area contributed by atoms with Gasteiger partial charge in [0.2, 0.25) is 11.8 Å². The fourth-order valence-corrected chi connectivity index (χ4v) is 5.98. The van der Waals surface area contributed by atoms with Gasteiger partial charge in [-0.05, 0) is 60.4 Å². The van der Waals surface area contributed by atoms with E-state index < -0.39 is 11.8 Å². The third kappa shape index (κ3) is 3.19. The molecule has 0 unspecified atom stereocenters. The van der Waals surface area contributed by atoms with Gasteiger partial charge in [-0.2, -0.15) is 5.26 Å². The number of carbonyl (C=O) groups is 2. The number of anilines is 1. The van der Waals surface area contributed by atoms with Crippen LogP contribution < -0.4 is 4.90 Å². The number of carbonyl (C=O) groups excluding carboxylic acids is 2. The molecule has 0 aromatic heterocycles. The van der Waals surface area contributed by atoms with Gasteiger partial charge >= 0.3 is 0 Å². The Bertz CT molecular complexity index is 1370. The lowest BCUT2D eigenvalue weighted by atomic mass is 9.85. The lowest BCUT2D eigenvalue weighted by molar-refractivity contribution is -0.122. The Morgan fingerprint density at radius 3 is 1.60 bits per heavy atom. The van der Waals surface area contributed by atoms with Crippen LogP contribution in [0.2, 0.25) is 0 Å². The minimum Gasteiger partial charge on any atom is -0.274 e. The van der Waals surface area contributed by atoms with E-state index in [-0.39, 0.29) is 23.7 Å². The molecule has 3 aromatic rings. The van der Waals surface area contributed by atoms with Crippen molar-refractivity contribution < 1.29 is 9.59 Å². The number of hydrogen-bond donors (Lipinski definition) is 0. The second-order valence-corrected chi connectivity index (χ2v) is 9.72. The molecular weight excluding hydrogens is 432 g/mol. The summed E-state index contributed by atoms with van der Waals surface area (Å²) in [5.74, 6) is -1.30. The first kappa shape index (κ1) is 21.3. The van der Waals surface area contributed by atoms with Gasteiger partial charge < -0.3 is 0 Å². The zero-order chi connectivity index (χ0) is 24.3. The molecule has 4 atom stereocenters. The molecule has 1 saturated carbocycles. The van der Waals surface area contributed by atoms with Crippen LogP contribution in [0.5, 0.6) is 0 Å². The van der Waals surface area contributed by atoms with E-state index in [4.69, 9.17) is 5.26 Å². The van der Waals surface area contributed by atoms with Gasteiger partial charge in [-0.1, -0.05) is 71.8 Å². The normalized spacial score (nSPS) is 24.1. The predicted octanol–water partition coefficient (Wildman–Crippen LogP) is 5.60. The van der Waals surface area contributed by atoms with Gasteiger partial charge in [-0.25, -0.2) is 4.90 Å². The van der Waals surface area contributed by atoms with Crippen LogP contribution in [0.4, 0.5) is 5.69 Å². The summed E-state index contributed by atoms with van der Waals surface area (Å²) in [6.45, 7) is 4.14. The topological polar surface area (TPSA) is 61.2 Å². The molecule has 2 fully saturated rings. The van der Waals surface area contributed by atoms with E-state index in [2.05, 4.69) is 80.6 Å². The maximum absolute atomic E-state index is 13.7. The molecule has 0 radical (unpaired) electrons. The van der Waals surface area contributed by atoms with Crippen molar-refractivity contribution in [3.8, 4) is 6.07 Å². The number of hydrogen-bond acceptors (Lipinski definition) is 3. The summed E-state index contributed by atoms with van der Waals surface area (Å²) in [7, 11) is 0. The molecule has 0 spiro atoms. The SMILES string of the molecule is Cc1ccc(C(=C2[C@H]3C=C[C@H]2[C@H]2C(=O)N(c4ccc(C#N)cc4)C(=O)[C@H]23)c2ccc(C)cc2)cc1. The highest BCUT2D eigenvalue weighted by atomic mass is 16.2. The van der Waals surface area contributed by atoms with E-state index in [1.807, 2.05) is 0 Å². The number of benzene rings is 3. The van der Waals surface area contributed by atoms with E-state index in [0.717, 1.165) is 16.7 Å². The van der Waals surface area contributed by atoms with Gasteiger partial charge in [0.05, 0.1) is 29.2 Å². The van der Waals surface area contributed by atoms with Crippen molar-refractivity contribution in [2.75, 3.05) is 4.90 Å². The number of allylic oxidation sites excluding steroid dienone is 3. The van der Waals surface area contributed by atoms with Crippen molar-refractivity contribution >= 4 is 23.1 Å². The molecule has 2 bridgehead atoms. The van der Waals surface area contributed by atoms with Crippen molar-refractivity contribution in [1.82, 2.24) is 0 Å². The Kier molecular flexibility index (Phi) is 4.82. The van der Waals surface area contributed by atoms with E-state index in [0.29, 0.717) is 11.3 Å². The molecule has 3 aromatic carbocycles. The number of nitriles is 1. The van der Waals surface area contributed by atoms with Crippen molar-refractivity contribution in [3.05, 3.63) is 118 Å². The monoisotopic (exact) mass is 456 g/mol. The largest absolute Gasteiger partial charge is 0.274 e. The van der Waals surface area contributed by atoms with Crippen LogP contribution >= 0.6 is 0 Å². The summed E-state index contributed by atoms with van der Waals surface area (Å²) >= 11 is 0. The Morgan fingerprint density at radius 2 is 1.17 bits per heavy atom. The minimum absolute atomic E-state index is 0.109. The van der Waals surface area contributed by atoms with E-state index >= 15 is 0 Å². The van der Waals surface area contributed by atoms with Gasteiger partial charge in [0.1, 0.15) is 0 Å². The molecule has 0 N–H and O–H groups in total. The van der Waals surface area contributed by atoms with Crippen LogP contribution in [0, 0.1) is 48.9 Å². The zero-order valence-corrected chi connectivity index (χ0v) is 19.6. The van der Waals surface area contributed by atoms with Crippen LogP contribution in [0.1, 0.15) is 27.8 Å². The number of amides is 2. The molecule has 35 heavy (non-hydrogen) atoms. The third-order valence-corrected chi connectivity index (χ3v) is 7.64. The van der Waals surface area contributed by atoms with Crippen molar-refractivity contribution in [2.24, 2.45) is 23.7 Å². The van der Waals surface area contributed by atoms with Crippen molar-refractivity contribution in [1.29, 1.82) is 5.26 Å². The number of rotatable bonds is 3. The first-order chi connectivity index (χ1) is 17.0. The Morgan fingerprint density at radius 1 is 0.714 bits per heavy atom. The molecule has 1 heterocycles. The molecule has 4 nitrogen and oxygen atoms in total. The van der Waals surface area contributed by atoms with Crippen LogP contribution in [0.15, 0.2) is 90.5 Å². The van der Waals surface area contributed by atoms with Crippen LogP contribution in [-0.2, 0) is 9.59 Å². The first-order valence-corrected chi connectivity index (χ1v) is 11.9. The summed E-state index contributed by atoms with van der Waals surface area (Å²) in [6.07, 6.45) is 4.24. The highest BCUT2D eigenvalue weighted by molar-refractivity contribution is 6.23. The first-order valence-electron chi connectivity index (χ1n) is 11.9. The lowest BCUT2D eigenvalue weighted by Crippen LogP contribution is -2.33. The molecule has 1 aliphatic heterocycles. The fourth-order valence-electron chi connectivity index (χ4n) is 5.98.